The maximum absolute atomic E-state index is 13.2. The molecule has 2 aromatic heterocycles. The molecule has 3 atom stereocenters. The summed E-state index contributed by atoms with van der Waals surface area (Å²) in [6.45, 7) is 0.320. The van der Waals surface area contributed by atoms with Crippen LogP contribution >= 0.6 is 0 Å². The zero-order valence-corrected chi connectivity index (χ0v) is 27.4. The van der Waals surface area contributed by atoms with Gasteiger partial charge < -0.3 is 15.0 Å². The van der Waals surface area contributed by atoms with Crippen LogP contribution in [0.5, 0.6) is 5.75 Å². The van der Waals surface area contributed by atoms with E-state index in [2.05, 4.69) is 52.4 Å². The van der Waals surface area contributed by atoms with Crippen molar-refractivity contribution < 1.29 is 31.5 Å². The van der Waals surface area contributed by atoms with Gasteiger partial charge in [0.15, 0.2) is 5.75 Å². The van der Waals surface area contributed by atoms with E-state index in [1.54, 1.807) is 4.31 Å². The Morgan fingerprint density at radius 2 is 1.85 bits per heavy atom. The molecule has 17 heteroatoms. The molecule has 258 valence electrons. The number of benzene rings is 1. The van der Waals surface area contributed by atoms with Gasteiger partial charge in [0.25, 0.3) is 0 Å². The van der Waals surface area contributed by atoms with Gasteiger partial charge in [-0.1, -0.05) is 0 Å². The van der Waals surface area contributed by atoms with Gasteiger partial charge in [-0.2, -0.15) is 13.9 Å². The lowest BCUT2D eigenvalue weighted by Gasteiger charge is -2.36. The van der Waals surface area contributed by atoms with Crippen molar-refractivity contribution in [3.8, 4) is 5.75 Å². The number of imide groups is 1. The van der Waals surface area contributed by atoms with Gasteiger partial charge >= 0.3 is 6.61 Å². The second-order valence-electron chi connectivity index (χ2n) is 13.0. The van der Waals surface area contributed by atoms with Gasteiger partial charge in [0, 0.05) is 68.8 Å². The molecule has 6 heterocycles. The second kappa shape index (κ2) is 13.2. The fourth-order valence-electron chi connectivity index (χ4n) is 7.60. The molecular weight excluding hydrogens is 648 g/mol. The average molecular weight is 688 g/mol. The predicted molar refractivity (Wildman–Crippen MR) is 172 cm³/mol. The first-order valence-electron chi connectivity index (χ1n) is 16.4. The maximum Gasteiger partial charge on any atom is 0.387 e. The van der Waals surface area contributed by atoms with Crippen molar-refractivity contribution in [2.24, 2.45) is 7.05 Å². The Labute approximate surface area is 276 Å². The number of hydrogen-bond donors (Lipinski definition) is 2. The number of carbonyl (C=O) groups is 2. The average Bonchev–Trinajstić information content (AvgIpc) is 3.75. The summed E-state index contributed by atoms with van der Waals surface area (Å²) < 4.78 is 58.6. The highest BCUT2D eigenvalue weighted by Gasteiger charge is 2.43. The topological polar surface area (TPSA) is 155 Å². The summed E-state index contributed by atoms with van der Waals surface area (Å²) >= 11 is 0. The number of halogens is 2. The lowest BCUT2D eigenvalue weighted by atomic mass is 9.93. The Morgan fingerprint density at radius 3 is 2.54 bits per heavy atom. The number of aromatic nitrogens is 4. The highest BCUT2D eigenvalue weighted by atomic mass is 32.2. The number of carbonyl (C=O) groups excluding carboxylic acids is 2. The zero-order valence-electron chi connectivity index (χ0n) is 26.6. The number of likely N-dealkylation sites (tertiary alicyclic amines) is 1. The van der Waals surface area contributed by atoms with E-state index in [1.807, 2.05) is 17.8 Å². The third-order valence-electron chi connectivity index (χ3n) is 10.0. The fourth-order valence-corrected chi connectivity index (χ4v) is 9.12. The van der Waals surface area contributed by atoms with Crippen LogP contribution < -0.4 is 20.3 Å². The molecule has 4 aliphatic heterocycles. The fraction of sp³-hybridized carbons (Fsp3) is 0.581. The van der Waals surface area contributed by atoms with Crippen LogP contribution in [0.2, 0.25) is 0 Å². The Kier molecular flexibility index (Phi) is 8.93. The van der Waals surface area contributed by atoms with E-state index in [0.717, 1.165) is 42.6 Å². The molecule has 4 aliphatic rings. The van der Waals surface area contributed by atoms with E-state index in [4.69, 9.17) is 0 Å². The molecule has 0 radical (unpaired) electrons. The largest absolute Gasteiger partial charge is 0.432 e. The first kappa shape index (κ1) is 32.6. The van der Waals surface area contributed by atoms with Gasteiger partial charge in [-0.05, 0) is 56.8 Å². The van der Waals surface area contributed by atoms with Crippen molar-refractivity contribution in [1.29, 1.82) is 0 Å². The summed E-state index contributed by atoms with van der Waals surface area (Å²) in [6, 6.07) is 6.93. The number of sulfonamides is 1. The van der Waals surface area contributed by atoms with Gasteiger partial charge in [0.2, 0.25) is 27.8 Å². The monoisotopic (exact) mass is 687 g/mol. The summed E-state index contributed by atoms with van der Waals surface area (Å²) in [4.78, 5) is 37.0. The number of piperidine rings is 2. The quantitative estimate of drug-likeness (QED) is 0.285. The summed E-state index contributed by atoms with van der Waals surface area (Å²) in [5.41, 5.74) is 2.76. The van der Waals surface area contributed by atoms with Crippen molar-refractivity contribution in [3.05, 3.63) is 36.3 Å². The molecule has 2 bridgehead atoms. The Hall–Kier alpha value is -3.96. The Bertz CT molecular complexity index is 1780. The summed E-state index contributed by atoms with van der Waals surface area (Å²) in [5.74, 6) is -0.708. The van der Waals surface area contributed by atoms with Crippen LogP contribution in [0.15, 0.2) is 30.6 Å². The van der Waals surface area contributed by atoms with Crippen LogP contribution in [0.25, 0.3) is 10.9 Å². The van der Waals surface area contributed by atoms with Crippen molar-refractivity contribution in [2.75, 3.05) is 48.7 Å². The summed E-state index contributed by atoms with van der Waals surface area (Å²) in [6.07, 6.45) is 5.89. The highest BCUT2D eigenvalue weighted by Crippen LogP contribution is 2.37. The number of nitrogens with one attached hydrogen (secondary N) is 2. The standard InChI is InChI=1S/C31H39F2N9O5S/c1-39-26-14-20(3-4-24(26)28(38-39)25-5-6-27(43)37-29(25)44)42-18-21-13-22(42)17-40(21)9-2-12-48(45,46)41-10-7-19(8-11-41)36-31-34-15-23(16-35-31)47-30(32)33/h3-4,14-16,19,21-22,25,30H,2,5-13,17-18H2,1H3,(H,34,35,36)(H,37,43,44). The molecule has 3 unspecified atom stereocenters. The number of ether oxygens (including phenoxy) is 1. The SMILES string of the molecule is Cn1nc(C2CCC(=O)NC2=O)c2ccc(N3CC4CC3CN4CCCS(=O)(=O)N3CCC(Nc4ncc(OC(F)F)cn4)CC3)cc21. The minimum Gasteiger partial charge on any atom is -0.432 e. The molecule has 4 fully saturated rings. The molecule has 48 heavy (non-hydrogen) atoms. The summed E-state index contributed by atoms with van der Waals surface area (Å²) in [5, 5.41) is 11.2. The number of piperazine rings is 1. The minimum atomic E-state index is -3.39. The van der Waals surface area contributed by atoms with Crippen LogP contribution in [0.3, 0.4) is 0 Å². The number of amides is 2. The lowest BCUT2D eigenvalue weighted by molar-refractivity contribution is -0.134. The molecule has 14 nitrogen and oxygen atoms in total. The molecule has 0 saturated carbocycles. The van der Waals surface area contributed by atoms with Crippen molar-refractivity contribution in [1.82, 2.24) is 34.3 Å². The van der Waals surface area contributed by atoms with Crippen LogP contribution in [-0.2, 0) is 26.7 Å². The zero-order chi connectivity index (χ0) is 33.6. The molecule has 2 amide bonds. The third kappa shape index (κ3) is 6.67. The first-order valence-corrected chi connectivity index (χ1v) is 18.0. The van der Waals surface area contributed by atoms with E-state index in [1.165, 1.54) is 12.4 Å². The molecule has 0 spiro atoms. The van der Waals surface area contributed by atoms with Crippen LogP contribution in [0, 0.1) is 0 Å². The number of fused-ring (bicyclic) bond motifs is 3. The first-order chi connectivity index (χ1) is 23.0. The number of rotatable bonds is 11. The molecule has 3 aromatic rings. The molecule has 0 aliphatic carbocycles. The van der Waals surface area contributed by atoms with E-state index in [0.29, 0.717) is 63.0 Å². The number of nitrogens with zero attached hydrogens (tertiary/aromatic N) is 7. The molecular formula is C31H39F2N9O5S. The molecule has 2 N–H and O–H groups in total. The van der Waals surface area contributed by atoms with Crippen LogP contribution in [-0.4, -0.2) is 112 Å². The second-order valence-corrected chi connectivity index (χ2v) is 15.1. The van der Waals surface area contributed by atoms with Crippen LogP contribution in [0.1, 0.15) is 50.1 Å². The normalized spacial score (nSPS) is 24.2. The number of anilines is 2. The van der Waals surface area contributed by atoms with E-state index < -0.39 is 22.6 Å². The van der Waals surface area contributed by atoms with Crippen molar-refractivity contribution in [2.45, 2.75) is 69.2 Å². The van der Waals surface area contributed by atoms with Gasteiger partial charge in [-0.15, -0.1) is 0 Å². The van der Waals surface area contributed by atoms with E-state index >= 15 is 0 Å². The van der Waals surface area contributed by atoms with E-state index in [9.17, 15) is 26.8 Å². The smallest absolute Gasteiger partial charge is 0.387 e. The minimum absolute atomic E-state index is 0.0209. The van der Waals surface area contributed by atoms with Crippen molar-refractivity contribution in [3.63, 3.8) is 0 Å². The molecule has 1 aromatic carbocycles. The maximum atomic E-state index is 13.2. The third-order valence-corrected chi connectivity index (χ3v) is 12.0. The number of alkyl halides is 2. The molecule has 4 saturated heterocycles. The van der Waals surface area contributed by atoms with Gasteiger partial charge in [-0.25, -0.2) is 22.7 Å². The predicted octanol–water partition coefficient (Wildman–Crippen LogP) is 2.04. The molecule has 7 rings (SSSR count). The van der Waals surface area contributed by atoms with Crippen molar-refractivity contribution >= 4 is 44.4 Å². The number of hydrogen-bond acceptors (Lipinski definition) is 11. The van der Waals surface area contributed by atoms with Gasteiger partial charge in [0.05, 0.1) is 35.3 Å². The van der Waals surface area contributed by atoms with Gasteiger partial charge in [0.1, 0.15) is 0 Å². The highest BCUT2D eigenvalue weighted by molar-refractivity contribution is 7.89. The number of aryl methyl sites for hydroxylation is 1. The summed E-state index contributed by atoms with van der Waals surface area (Å²) in [7, 11) is -1.52. The van der Waals surface area contributed by atoms with Crippen LogP contribution in [0.4, 0.5) is 20.4 Å². The lowest BCUT2D eigenvalue weighted by Crippen LogP contribution is -2.47. The Morgan fingerprint density at radius 1 is 1.08 bits per heavy atom. The Balaban J connectivity index is 0.877. The van der Waals surface area contributed by atoms with E-state index in [-0.39, 0.29) is 35.3 Å². The van der Waals surface area contributed by atoms with Gasteiger partial charge in [-0.3, -0.25) is 24.5 Å².